The van der Waals surface area contributed by atoms with Gasteiger partial charge in [-0.25, -0.2) is 18.4 Å². The Kier molecular flexibility index (Phi) is 6.12. The molecule has 0 fully saturated rings. The fourth-order valence-corrected chi connectivity index (χ4v) is 3.58. The summed E-state index contributed by atoms with van der Waals surface area (Å²) in [7, 11) is -3.33. The van der Waals surface area contributed by atoms with Crippen molar-refractivity contribution in [1.82, 2.24) is 9.97 Å². The molecule has 7 nitrogen and oxygen atoms in total. The molecule has 1 amide bonds. The molecule has 0 spiro atoms. The van der Waals surface area contributed by atoms with Gasteiger partial charge in [0, 0.05) is 30.3 Å². The summed E-state index contributed by atoms with van der Waals surface area (Å²) in [6, 6.07) is 12.4. The van der Waals surface area contributed by atoms with Gasteiger partial charge in [0.2, 0.25) is 5.91 Å². The molecule has 0 aliphatic rings. The third kappa shape index (κ3) is 5.51. The van der Waals surface area contributed by atoms with E-state index < -0.39 is 9.84 Å². The number of hydrogen-bond donors (Lipinski definition) is 2. The molecule has 8 heteroatoms. The molecule has 0 radical (unpaired) electrons. The SMILES string of the molecule is CC(C)CC(=O)Nc1cccc(CNc2ncnc3ccc(S(C)(=O)=O)cc23)c1. The van der Waals surface area contributed by atoms with E-state index in [1.807, 2.05) is 38.1 Å². The molecule has 0 unspecified atom stereocenters. The summed E-state index contributed by atoms with van der Waals surface area (Å²) >= 11 is 0. The molecular weight excluding hydrogens is 388 g/mol. The van der Waals surface area contributed by atoms with Crippen LogP contribution in [-0.2, 0) is 21.2 Å². The summed E-state index contributed by atoms with van der Waals surface area (Å²) in [4.78, 5) is 20.7. The zero-order chi connectivity index (χ0) is 21.0. The minimum absolute atomic E-state index is 0.0137. The number of amides is 1. The average molecular weight is 413 g/mol. The first-order valence-electron chi connectivity index (χ1n) is 9.30. The van der Waals surface area contributed by atoms with E-state index in [0.717, 1.165) is 11.3 Å². The number of fused-ring (bicyclic) bond motifs is 1. The van der Waals surface area contributed by atoms with Crippen molar-refractivity contribution in [3.05, 3.63) is 54.4 Å². The topological polar surface area (TPSA) is 101 Å². The first-order chi connectivity index (χ1) is 13.7. The van der Waals surface area contributed by atoms with Crippen molar-refractivity contribution in [2.75, 3.05) is 16.9 Å². The van der Waals surface area contributed by atoms with Crippen LogP contribution in [-0.4, -0.2) is 30.5 Å². The summed E-state index contributed by atoms with van der Waals surface area (Å²) in [5, 5.41) is 6.78. The van der Waals surface area contributed by atoms with Crippen LogP contribution in [0.5, 0.6) is 0 Å². The van der Waals surface area contributed by atoms with E-state index in [1.165, 1.54) is 18.6 Å². The number of carbonyl (C=O) groups is 1. The van der Waals surface area contributed by atoms with Gasteiger partial charge in [0.25, 0.3) is 0 Å². The molecule has 29 heavy (non-hydrogen) atoms. The van der Waals surface area contributed by atoms with Crippen LogP contribution >= 0.6 is 0 Å². The number of carbonyl (C=O) groups excluding carboxylic acids is 1. The van der Waals surface area contributed by atoms with E-state index in [2.05, 4.69) is 20.6 Å². The number of benzene rings is 2. The first-order valence-corrected chi connectivity index (χ1v) is 11.2. The maximum absolute atomic E-state index is 12.0. The summed E-state index contributed by atoms with van der Waals surface area (Å²) < 4.78 is 23.7. The predicted octanol–water partition coefficient (Wildman–Crippen LogP) is 3.63. The van der Waals surface area contributed by atoms with Crippen LogP contribution in [0.1, 0.15) is 25.8 Å². The number of aromatic nitrogens is 2. The van der Waals surface area contributed by atoms with Gasteiger partial charge in [-0.3, -0.25) is 4.79 Å². The molecule has 3 aromatic rings. The Morgan fingerprint density at radius 3 is 2.62 bits per heavy atom. The van der Waals surface area contributed by atoms with Gasteiger partial charge in [0.1, 0.15) is 12.1 Å². The van der Waals surface area contributed by atoms with Gasteiger partial charge in [0.15, 0.2) is 9.84 Å². The van der Waals surface area contributed by atoms with Crippen LogP contribution in [0.25, 0.3) is 10.9 Å². The van der Waals surface area contributed by atoms with E-state index >= 15 is 0 Å². The predicted molar refractivity (Wildman–Crippen MR) is 115 cm³/mol. The zero-order valence-electron chi connectivity index (χ0n) is 16.6. The van der Waals surface area contributed by atoms with Crippen molar-refractivity contribution in [1.29, 1.82) is 0 Å². The molecule has 1 heterocycles. The van der Waals surface area contributed by atoms with Crippen molar-refractivity contribution in [3.8, 4) is 0 Å². The van der Waals surface area contributed by atoms with Crippen LogP contribution in [0.15, 0.2) is 53.7 Å². The smallest absolute Gasteiger partial charge is 0.224 e. The van der Waals surface area contributed by atoms with Gasteiger partial charge >= 0.3 is 0 Å². The summed E-state index contributed by atoms with van der Waals surface area (Å²) in [5.41, 5.74) is 2.35. The lowest BCUT2D eigenvalue weighted by Crippen LogP contribution is -2.14. The maximum Gasteiger partial charge on any atom is 0.224 e. The van der Waals surface area contributed by atoms with Gasteiger partial charge in [-0.1, -0.05) is 26.0 Å². The van der Waals surface area contributed by atoms with Crippen LogP contribution in [0, 0.1) is 5.92 Å². The molecule has 0 saturated carbocycles. The zero-order valence-corrected chi connectivity index (χ0v) is 17.5. The number of hydrogen-bond acceptors (Lipinski definition) is 6. The molecule has 0 atom stereocenters. The van der Waals surface area contributed by atoms with Gasteiger partial charge in [-0.15, -0.1) is 0 Å². The summed E-state index contributed by atoms with van der Waals surface area (Å²) in [6.07, 6.45) is 3.08. The largest absolute Gasteiger partial charge is 0.365 e. The average Bonchev–Trinajstić information content (AvgIpc) is 2.64. The summed E-state index contributed by atoms with van der Waals surface area (Å²) in [6.45, 7) is 4.46. The van der Waals surface area contributed by atoms with Crippen LogP contribution < -0.4 is 10.6 Å². The molecular formula is C21H24N4O3S. The Bertz CT molecular complexity index is 1140. The number of rotatable bonds is 7. The van der Waals surface area contributed by atoms with Gasteiger partial charge in [-0.2, -0.15) is 0 Å². The Labute approximate surface area is 170 Å². The van der Waals surface area contributed by atoms with Crippen molar-refractivity contribution < 1.29 is 13.2 Å². The second kappa shape index (κ2) is 8.57. The fraction of sp³-hybridized carbons (Fsp3) is 0.286. The highest BCUT2D eigenvalue weighted by atomic mass is 32.2. The Balaban J connectivity index is 1.79. The number of anilines is 2. The number of nitrogens with one attached hydrogen (secondary N) is 2. The van der Waals surface area contributed by atoms with Gasteiger partial charge in [-0.05, 0) is 41.8 Å². The lowest BCUT2D eigenvalue weighted by atomic mass is 10.1. The van der Waals surface area contributed by atoms with Gasteiger partial charge in [0.05, 0.1) is 10.4 Å². The van der Waals surface area contributed by atoms with Crippen LogP contribution in [0.2, 0.25) is 0 Å². The molecule has 1 aromatic heterocycles. The molecule has 152 valence electrons. The van der Waals surface area contributed by atoms with Crippen molar-refractivity contribution in [3.63, 3.8) is 0 Å². The second-order valence-corrected chi connectivity index (χ2v) is 9.39. The lowest BCUT2D eigenvalue weighted by molar-refractivity contribution is -0.116. The quantitative estimate of drug-likeness (QED) is 0.614. The first kappa shape index (κ1) is 20.7. The third-order valence-corrected chi connectivity index (χ3v) is 5.41. The van der Waals surface area contributed by atoms with E-state index in [9.17, 15) is 13.2 Å². The van der Waals surface area contributed by atoms with E-state index in [4.69, 9.17) is 0 Å². The Morgan fingerprint density at radius 1 is 1.10 bits per heavy atom. The third-order valence-electron chi connectivity index (χ3n) is 4.30. The van der Waals surface area contributed by atoms with Gasteiger partial charge < -0.3 is 10.6 Å². The number of sulfone groups is 1. The van der Waals surface area contributed by atoms with E-state index in [0.29, 0.717) is 35.6 Å². The Hall–Kier alpha value is -3.00. The molecule has 3 rings (SSSR count). The van der Waals surface area contributed by atoms with Crippen LogP contribution in [0.3, 0.4) is 0 Å². The molecule has 2 N–H and O–H groups in total. The highest BCUT2D eigenvalue weighted by Crippen LogP contribution is 2.23. The number of nitrogens with zero attached hydrogens (tertiary/aromatic N) is 2. The molecule has 0 saturated heterocycles. The van der Waals surface area contributed by atoms with Crippen molar-refractivity contribution in [2.24, 2.45) is 5.92 Å². The molecule has 2 aromatic carbocycles. The molecule has 0 aliphatic heterocycles. The normalized spacial score (nSPS) is 11.6. The lowest BCUT2D eigenvalue weighted by Gasteiger charge is -2.11. The minimum atomic E-state index is -3.33. The maximum atomic E-state index is 12.0. The Morgan fingerprint density at radius 2 is 1.90 bits per heavy atom. The molecule has 0 bridgehead atoms. The van der Waals surface area contributed by atoms with E-state index in [1.54, 1.807) is 12.1 Å². The fourth-order valence-electron chi connectivity index (χ4n) is 2.93. The second-order valence-electron chi connectivity index (χ2n) is 7.37. The minimum Gasteiger partial charge on any atom is -0.365 e. The highest BCUT2D eigenvalue weighted by molar-refractivity contribution is 7.90. The highest BCUT2D eigenvalue weighted by Gasteiger charge is 2.11. The van der Waals surface area contributed by atoms with Crippen molar-refractivity contribution in [2.45, 2.75) is 31.7 Å². The molecule has 0 aliphatic carbocycles. The van der Waals surface area contributed by atoms with Crippen LogP contribution in [0.4, 0.5) is 11.5 Å². The summed E-state index contributed by atoms with van der Waals surface area (Å²) in [5.74, 6) is 0.831. The van der Waals surface area contributed by atoms with Crippen molar-refractivity contribution >= 4 is 38.2 Å². The monoisotopic (exact) mass is 412 g/mol. The van der Waals surface area contributed by atoms with E-state index in [-0.39, 0.29) is 10.8 Å². The standard InChI is InChI=1S/C21H24N4O3S/c1-14(2)9-20(26)25-16-6-4-5-15(10-16)12-22-21-18-11-17(29(3,27)28)7-8-19(18)23-13-24-21/h4-8,10-11,13-14H,9,12H2,1-3H3,(H,25,26)(H,22,23,24).